The second-order valence-corrected chi connectivity index (χ2v) is 7.45. The molecule has 0 radical (unpaired) electrons. The van der Waals surface area contributed by atoms with Crippen LogP contribution in [0.5, 0.6) is 0 Å². The fourth-order valence-electron chi connectivity index (χ4n) is 2.69. The average Bonchev–Trinajstić information content (AvgIpc) is 3.39. The van der Waals surface area contributed by atoms with Crippen LogP contribution in [-0.2, 0) is 7.05 Å². The van der Waals surface area contributed by atoms with Gasteiger partial charge >= 0.3 is 5.84 Å². The van der Waals surface area contributed by atoms with Gasteiger partial charge in [0, 0.05) is 23.9 Å². The Morgan fingerprint density at radius 2 is 1.54 bits per heavy atom. The van der Waals surface area contributed by atoms with E-state index in [-0.39, 0.29) is 11.5 Å². The van der Waals surface area contributed by atoms with Crippen molar-refractivity contribution in [2.24, 2.45) is 17.0 Å². The van der Waals surface area contributed by atoms with Crippen LogP contribution < -0.4 is 0 Å². The number of hydrogen-bond donors (Lipinski definition) is 0. The summed E-state index contributed by atoms with van der Waals surface area (Å²) in [6.45, 7) is 7.00. The van der Waals surface area contributed by atoms with Gasteiger partial charge in [-0.1, -0.05) is 22.9 Å². The number of aromatic nitrogens is 3. The monoisotopic (exact) mass is 399 g/mol. The van der Waals surface area contributed by atoms with Crippen molar-refractivity contribution in [3.8, 4) is 18.2 Å². The minimum Gasteiger partial charge on any atom is -0.351 e. The summed E-state index contributed by atoms with van der Waals surface area (Å²) in [5.74, 6) is -0.248. The Bertz CT molecular complexity index is 1370. The van der Waals surface area contributed by atoms with Gasteiger partial charge in [-0.3, -0.25) is 0 Å². The summed E-state index contributed by atoms with van der Waals surface area (Å²) in [5.41, 5.74) is 1.10. The maximum atomic E-state index is 8.96. The lowest BCUT2D eigenvalue weighted by Gasteiger charge is -1.93. The summed E-state index contributed by atoms with van der Waals surface area (Å²) in [6, 6.07) is 8.80. The van der Waals surface area contributed by atoms with Crippen molar-refractivity contribution >= 4 is 75.4 Å². The second kappa shape index (κ2) is 6.53. The van der Waals surface area contributed by atoms with E-state index in [0.717, 1.165) is 20.2 Å². The first kappa shape index (κ1) is 17.3. The Labute approximate surface area is 165 Å². The minimum absolute atomic E-state index is 0.231. The number of amidine groups is 1. The highest BCUT2D eigenvalue weighted by Crippen LogP contribution is 2.46. The van der Waals surface area contributed by atoms with Gasteiger partial charge in [0.15, 0.2) is 0 Å². The molecule has 0 aliphatic rings. The molecule has 0 bridgehead atoms. The topological polar surface area (TPSA) is 131 Å². The van der Waals surface area contributed by atoms with Crippen molar-refractivity contribution < 1.29 is 0 Å². The molecule has 0 fully saturated rings. The van der Waals surface area contributed by atoms with Gasteiger partial charge in [-0.2, -0.15) is 25.5 Å². The third-order valence-corrected chi connectivity index (χ3v) is 5.95. The largest absolute Gasteiger partial charge is 0.351 e. The van der Waals surface area contributed by atoms with E-state index in [1.807, 2.05) is 0 Å². The maximum Gasteiger partial charge on any atom is 0.350 e. The average molecular weight is 399 g/mol. The molecule has 28 heavy (non-hydrogen) atoms. The molecule has 0 atom stereocenters. The standard InChI is InChI=1S/C17H5N9S2/c1-21-11(7-20)23-13-4-10-15-14(24-26(2)25-15)9-3-12(22-8(5-18)6-19)27-16(9)17(10)28-13/h3-4H,2H3. The van der Waals surface area contributed by atoms with Gasteiger partial charge in [0.2, 0.25) is 10.7 Å². The Hall–Kier alpha value is -4.16. The van der Waals surface area contributed by atoms with Crippen molar-refractivity contribution in [3.05, 3.63) is 23.5 Å². The SMILES string of the molecule is [C-]#[N+]C(C#N)=Nc1cc2c3nn(C)nc3c3cc(N=C(C#N)C#N)sc3c2s1. The first-order valence-electron chi connectivity index (χ1n) is 7.53. The summed E-state index contributed by atoms with van der Waals surface area (Å²) in [5, 5.41) is 38.4. The quantitative estimate of drug-likeness (QED) is 0.286. The minimum atomic E-state index is -0.248. The van der Waals surface area contributed by atoms with Crippen molar-refractivity contribution in [2.75, 3.05) is 0 Å². The molecule has 4 rings (SSSR count). The molecule has 9 nitrogen and oxygen atoms in total. The molecular weight excluding hydrogens is 394 g/mol. The Kier molecular flexibility index (Phi) is 4.03. The lowest BCUT2D eigenvalue weighted by atomic mass is 10.1. The number of aryl methyl sites for hydroxylation is 1. The highest BCUT2D eigenvalue weighted by atomic mass is 32.1. The van der Waals surface area contributed by atoms with Crippen LogP contribution in [0, 0.1) is 40.6 Å². The third kappa shape index (κ3) is 2.65. The number of aliphatic imine (C=N–C) groups is 2. The molecular formula is C17H5N9S2. The summed E-state index contributed by atoms with van der Waals surface area (Å²) in [4.78, 5) is 12.7. The van der Waals surface area contributed by atoms with E-state index in [1.165, 1.54) is 27.5 Å². The number of thiophene rings is 2. The van der Waals surface area contributed by atoms with Gasteiger partial charge in [-0.05, 0) is 6.07 Å². The van der Waals surface area contributed by atoms with Gasteiger partial charge < -0.3 is 4.85 Å². The zero-order valence-corrected chi connectivity index (χ0v) is 15.6. The summed E-state index contributed by atoms with van der Waals surface area (Å²) in [7, 11) is 1.71. The molecule has 0 unspecified atom stereocenters. The molecule has 11 heteroatoms. The Balaban J connectivity index is 2.10. The summed E-state index contributed by atoms with van der Waals surface area (Å²) < 4.78 is 1.73. The molecule has 0 saturated carbocycles. The molecule has 3 heterocycles. The Morgan fingerprint density at radius 3 is 2.00 bits per heavy atom. The molecule has 0 aliphatic carbocycles. The highest BCUT2D eigenvalue weighted by molar-refractivity contribution is 7.30. The second-order valence-electron chi connectivity index (χ2n) is 5.38. The van der Waals surface area contributed by atoms with Gasteiger partial charge in [0.05, 0.1) is 9.40 Å². The van der Waals surface area contributed by atoms with E-state index in [2.05, 4.69) is 25.0 Å². The van der Waals surface area contributed by atoms with E-state index in [9.17, 15) is 0 Å². The van der Waals surface area contributed by atoms with Crippen molar-refractivity contribution in [1.29, 1.82) is 15.8 Å². The van der Waals surface area contributed by atoms with Crippen LogP contribution in [0.3, 0.4) is 0 Å². The smallest absolute Gasteiger partial charge is 0.350 e. The van der Waals surface area contributed by atoms with Gasteiger partial charge in [0.1, 0.15) is 34.2 Å². The molecule has 130 valence electrons. The van der Waals surface area contributed by atoms with Crippen molar-refractivity contribution in [3.63, 3.8) is 0 Å². The van der Waals surface area contributed by atoms with Crippen molar-refractivity contribution in [2.45, 2.75) is 0 Å². The van der Waals surface area contributed by atoms with Crippen LogP contribution in [0.15, 0.2) is 22.1 Å². The summed E-state index contributed by atoms with van der Waals surface area (Å²) >= 11 is 2.65. The number of fused-ring (bicyclic) bond motifs is 6. The predicted octanol–water partition coefficient (Wildman–Crippen LogP) is 3.99. The maximum absolute atomic E-state index is 8.96. The molecule has 0 amide bonds. The first-order chi connectivity index (χ1) is 13.6. The normalized spacial score (nSPS) is 11.1. The fourth-order valence-corrected chi connectivity index (χ4v) is 4.92. The molecule has 0 saturated heterocycles. The zero-order chi connectivity index (χ0) is 19.8. The highest BCUT2D eigenvalue weighted by Gasteiger charge is 2.19. The number of nitrogens with zero attached hydrogens (tertiary/aromatic N) is 9. The van der Waals surface area contributed by atoms with Gasteiger partial charge in [-0.15, -0.1) is 11.3 Å². The van der Waals surface area contributed by atoms with Gasteiger partial charge in [0.25, 0.3) is 0 Å². The van der Waals surface area contributed by atoms with E-state index < -0.39 is 0 Å². The van der Waals surface area contributed by atoms with Crippen LogP contribution in [0.4, 0.5) is 10.0 Å². The fraction of sp³-hybridized carbons (Fsp3) is 0.0588. The predicted molar refractivity (Wildman–Crippen MR) is 107 cm³/mol. The van der Waals surface area contributed by atoms with Crippen LogP contribution in [-0.4, -0.2) is 26.5 Å². The molecule has 4 aromatic rings. The van der Waals surface area contributed by atoms with Crippen LogP contribution >= 0.6 is 22.7 Å². The van der Waals surface area contributed by atoms with Crippen LogP contribution in [0.1, 0.15) is 0 Å². The molecule has 3 aromatic heterocycles. The van der Waals surface area contributed by atoms with E-state index in [1.54, 1.807) is 37.4 Å². The number of nitriles is 3. The van der Waals surface area contributed by atoms with E-state index >= 15 is 0 Å². The lowest BCUT2D eigenvalue weighted by molar-refractivity contribution is 0.666. The molecule has 1 aromatic carbocycles. The van der Waals surface area contributed by atoms with Gasteiger partial charge in [-0.25, -0.2) is 10.3 Å². The molecule has 0 spiro atoms. The third-order valence-electron chi connectivity index (χ3n) is 3.72. The molecule has 0 N–H and O–H groups in total. The number of hydrogen-bond acceptors (Lipinski definition) is 9. The van der Waals surface area contributed by atoms with Crippen LogP contribution in [0.25, 0.3) is 36.1 Å². The Morgan fingerprint density at radius 1 is 1.00 bits per heavy atom. The van der Waals surface area contributed by atoms with Crippen LogP contribution in [0.2, 0.25) is 0 Å². The van der Waals surface area contributed by atoms with E-state index in [0.29, 0.717) is 21.0 Å². The number of rotatable bonds is 2. The number of benzene rings is 1. The first-order valence-corrected chi connectivity index (χ1v) is 9.16. The van der Waals surface area contributed by atoms with Crippen molar-refractivity contribution in [1.82, 2.24) is 15.0 Å². The summed E-state index contributed by atoms with van der Waals surface area (Å²) in [6.07, 6.45) is 0. The molecule has 0 aliphatic heterocycles. The lowest BCUT2D eigenvalue weighted by Crippen LogP contribution is -1.90. The van der Waals surface area contributed by atoms with E-state index in [4.69, 9.17) is 22.4 Å². The zero-order valence-electron chi connectivity index (χ0n) is 14.0.